The van der Waals surface area contributed by atoms with Crippen molar-refractivity contribution in [1.82, 2.24) is 29.5 Å². The normalized spacial score (nSPS) is 20.4. The molecule has 3 unspecified atom stereocenters. The predicted octanol–water partition coefficient (Wildman–Crippen LogP) is 6.74. The van der Waals surface area contributed by atoms with Crippen LogP contribution in [0.25, 0.3) is 28.2 Å². The molecule has 0 spiro atoms. The fourth-order valence-electron chi connectivity index (χ4n) is 6.50. The molecule has 12 heteroatoms. The van der Waals surface area contributed by atoms with E-state index in [0.717, 1.165) is 64.3 Å². The van der Waals surface area contributed by atoms with E-state index in [0.29, 0.717) is 21.8 Å². The topological polar surface area (TPSA) is 93.4 Å². The van der Waals surface area contributed by atoms with Crippen LogP contribution >= 0.6 is 11.6 Å². The first-order valence-electron chi connectivity index (χ1n) is 13.8. The Morgan fingerprint density at radius 1 is 1.05 bits per heavy atom. The first-order chi connectivity index (χ1) is 20.6. The highest BCUT2D eigenvalue weighted by molar-refractivity contribution is 6.31. The Bertz CT molecular complexity index is 2020. The fourth-order valence-corrected chi connectivity index (χ4v) is 6.67. The standard InChI is InChI=1S/C31H23ClF3N7O/c1-15-2-3-16-8-17(4-6-23(16)37-15)30-36-13-24(38-30)29-22-12-21(22)26-9-18(10-28(43)42(26)29)20-11-19(32)5-7-25(20)41-14-27(39-40-41)31(33,34)35/h4-11,13-14,21-22,29,37H,1-3,12H2,(H,36,38). The largest absolute Gasteiger partial charge is 0.436 e. The smallest absolute Gasteiger partial charge is 0.359 e. The summed E-state index contributed by atoms with van der Waals surface area (Å²) in [5, 5.41) is 10.7. The molecule has 8 nitrogen and oxygen atoms in total. The van der Waals surface area contributed by atoms with Crippen LogP contribution in [-0.4, -0.2) is 29.5 Å². The molecule has 2 N–H and O–H groups in total. The van der Waals surface area contributed by atoms with E-state index in [2.05, 4.69) is 38.2 Å². The van der Waals surface area contributed by atoms with E-state index in [-0.39, 0.29) is 23.4 Å². The highest BCUT2D eigenvalue weighted by atomic mass is 35.5. The summed E-state index contributed by atoms with van der Waals surface area (Å²) in [6, 6.07) is 14.2. The number of alkyl halides is 3. The maximum Gasteiger partial charge on any atom is 0.436 e. The molecular weight excluding hydrogens is 579 g/mol. The number of aryl methyl sites for hydroxylation is 1. The zero-order valence-electron chi connectivity index (χ0n) is 22.5. The van der Waals surface area contributed by atoms with Gasteiger partial charge in [-0.05, 0) is 78.8 Å². The van der Waals surface area contributed by atoms with Crippen LogP contribution in [0.1, 0.15) is 47.4 Å². The molecule has 5 heterocycles. The molecule has 1 fully saturated rings. The van der Waals surface area contributed by atoms with Gasteiger partial charge in [0.15, 0.2) is 5.69 Å². The van der Waals surface area contributed by atoms with E-state index in [1.807, 2.05) is 29.0 Å². The Hall–Kier alpha value is -4.64. The van der Waals surface area contributed by atoms with Crippen LogP contribution in [0, 0.1) is 5.92 Å². The molecular formula is C31H23ClF3N7O. The molecule has 1 saturated carbocycles. The number of aromatic amines is 1. The summed E-state index contributed by atoms with van der Waals surface area (Å²) in [7, 11) is 0. The molecule has 2 aromatic carbocycles. The Morgan fingerprint density at radius 2 is 1.91 bits per heavy atom. The minimum absolute atomic E-state index is 0.186. The van der Waals surface area contributed by atoms with Crippen molar-refractivity contribution in [3.8, 4) is 28.2 Å². The van der Waals surface area contributed by atoms with Gasteiger partial charge in [-0.3, -0.25) is 4.79 Å². The number of fused-ring (bicyclic) bond motifs is 4. The highest BCUT2D eigenvalue weighted by Gasteiger charge is 2.54. The van der Waals surface area contributed by atoms with Crippen LogP contribution < -0.4 is 10.9 Å². The van der Waals surface area contributed by atoms with Gasteiger partial charge in [-0.25, -0.2) is 9.67 Å². The summed E-state index contributed by atoms with van der Waals surface area (Å²) in [5.41, 5.74) is 6.07. The van der Waals surface area contributed by atoms with Gasteiger partial charge in [0.2, 0.25) is 0 Å². The molecule has 216 valence electrons. The van der Waals surface area contributed by atoms with Gasteiger partial charge in [-0.2, -0.15) is 13.2 Å². The molecule has 0 amide bonds. The van der Waals surface area contributed by atoms with E-state index in [9.17, 15) is 18.0 Å². The third kappa shape index (κ3) is 4.29. The van der Waals surface area contributed by atoms with Crippen LogP contribution in [0.3, 0.4) is 0 Å². The fraction of sp³-hybridized carbons (Fsp3) is 0.226. The van der Waals surface area contributed by atoms with Gasteiger partial charge in [-0.1, -0.05) is 23.4 Å². The number of H-pyrrole nitrogens is 1. The molecule has 0 bridgehead atoms. The molecule has 0 radical (unpaired) electrons. The number of pyridine rings is 1. The maximum atomic E-state index is 13.7. The first-order valence-corrected chi connectivity index (χ1v) is 14.2. The van der Waals surface area contributed by atoms with E-state index in [1.54, 1.807) is 18.2 Å². The average Bonchev–Trinajstić information content (AvgIpc) is 3.30. The number of nitrogens with one attached hydrogen (secondary N) is 2. The van der Waals surface area contributed by atoms with Gasteiger partial charge < -0.3 is 14.9 Å². The molecule has 0 saturated heterocycles. The summed E-state index contributed by atoms with van der Waals surface area (Å²) in [5.74, 6) is 1.18. The van der Waals surface area contributed by atoms with Crippen LogP contribution in [0.2, 0.25) is 5.02 Å². The number of allylic oxidation sites excluding steroid dienone is 1. The van der Waals surface area contributed by atoms with Crippen molar-refractivity contribution in [3.05, 3.63) is 111 Å². The second-order valence-corrected chi connectivity index (χ2v) is 11.8. The zero-order valence-corrected chi connectivity index (χ0v) is 23.2. The van der Waals surface area contributed by atoms with Crippen molar-refractivity contribution >= 4 is 17.3 Å². The van der Waals surface area contributed by atoms with Gasteiger partial charge in [-0.15, -0.1) is 5.10 Å². The quantitative estimate of drug-likeness (QED) is 0.238. The predicted molar refractivity (Wildman–Crippen MR) is 155 cm³/mol. The maximum absolute atomic E-state index is 13.7. The highest BCUT2D eigenvalue weighted by Crippen LogP contribution is 2.60. The number of hydrogen-bond donors (Lipinski definition) is 2. The molecule has 8 rings (SSSR count). The van der Waals surface area contributed by atoms with Crippen molar-refractivity contribution in [3.63, 3.8) is 0 Å². The lowest BCUT2D eigenvalue weighted by Gasteiger charge is -2.20. The summed E-state index contributed by atoms with van der Waals surface area (Å²) < 4.78 is 42.5. The van der Waals surface area contributed by atoms with Gasteiger partial charge in [0.1, 0.15) is 5.82 Å². The second-order valence-electron chi connectivity index (χ2n) is 11.3. The second kappa shape index (κ2) is 9.18. The molecule has 3 aromatic heterocycles. The third-order valence-corrected chi connectivity index (χ3v) is 8.84. The van der Waals surface area contributed by atoms with Crippen molar-refractivity contribution < 1.29 is 13.2 Å². The number of hydrogen-bond acceptors (Lipinski definition) is 5. The molecule has 43 heavy (non-hydrogen) atoms. The number of imidazole rings is 1. The van der Waals surface area contributed by atoms with Crippen LogP contribution in [0.4, 0.5) is 18.9 Å². The van der Waals surface area contributed by atoms with E-state index in [1.165, 1.54) is 11.6 Å². The number of anilines is 1. The lowest BCUT2D eigenvalue weighted by atomic mass is 9.99. The van der Waals surface area contributed by atoms with Crippen LogP contribution in [0.5, 0.6) is 0 Å². The number of benzene rings is 2. The number of halogens is 4. The van der Waals surface area contributed by atoms with Crippen molar-refractivity contribution in [2.24, 2.45) is 5.92 Å². The van der Waals surface area contributed by atoms with Crippen molar-refractivity contribution in [1.29, 1.82) is 0 Å². The van der Waals surface area contributed by atoms with E-state index < -0.39 is 11.9 Å². The van der Waals surface area contributed by atoms with Gasteiger partial charge in [0.05, 0.1) is 29.8 Å². The molecule has 5 aromatic rings. The minimum atomic E-state index is -4.63. The zero-order chi connectivity index (χ0) is 29.6. The molecule has 3 atom stereocenters. The SMILES string of the molecule is C=C1CCc2cc(-c3ncc(C4C5CC5c5cc(-c6cc(Cl)ccc6-n6cc(C(F)(F)F)nn6)cc(=O)n54)[nH]3)ccc2N1. The number of rotatable bonds is 4. The monoisotopic (exact) mass is 601 g/mol. The Balaban J connectivity index is 1.15. The number of nitrogens with zero attached hydrogens (tertiary/aromatic N) is 5. The average molecular weight is 602 g/mol. The summed E-state index contributed by atoms with van der Waals surface area (Å²) in [6.07, 6.45) is 0.725. The summed E-state index contributed by atoms with van der Waals surface area (Å²) >= 11 is 6.30. The van der Waals surface area contributed by atoms with Crippen LogP contribution in [0.15, 0.2) is 78.0 Å². The lowest BCUT2D eigenvalue weighted by molar-refractivity contribution is -0.141. The minimum Gasteiger partial charge on any atom is -0.359 e. The Kier molecular flexibility index (Phi) is 5.55. The third-order valence-electron chi connectivity index (χ3n) is 8.60. The molecule has 2 aliphatic heterocycles. The van der Waals surface area contributed by atoms with Gasteiger partial charge in [0.25, 0.3) is 5.56 Å². The van der Waals surface area contributed by atoms with Gasteiger partial charge >= 0.3 is 6.18 Å². The Morgan fingerprint density at radius 3 is 2.72 bits per heavy atom. The molecule has 3 aliphatic rings. The van der Waals surface area contributed by atoms with Gasteiger partial charge in [0, 0.05) is 45.2 Å². The molecule has 1 aliphatic carbocycles. The van der Waals surface area contributed by atoms with Crippen LogP contribution in [-0.2, 0) is 12.6 Å². The first kappa shape index (κ1) is 26.0. The number of aromatic nitrogens is 6. The summed E-state index contributed by atoms with van der Waals surface area (Å²) in [4.78, 5) is 21.8. The lowest BCUT2D eigenvalue weighted by Crippen LogP contribution is -2.26. The van der Waals surface area contributed by atoms with E-state index >= 15 is 0 Å². The Labute approximate surface area is 247 Å². The van der Waals surface area contributed by atoms with Crippen molar-refractivity contribution in [2.75, 3.05) is 5.32 Å². The van der Waals surface area contributed by atoms with E-state index in [4.69, 9.17) is 11.6 Å². The van der Waals surface area contributed by atoms with Crippen molar-refractivity contribution in [2.45, 2.75) is 37.4 Å². The summed E-state index contributed by atoms with van der Waals surface area (Å²) in [6.45, 7) is 4.02.